The first kappa shape index (κ1) is 21.4. The first-order valence-corrected chi connectivity index (χ1v) is 10.8. The molecule has 0 fully saturated rings. The minimum Gasteiger partial charge on any atom is -0.496 e. The fraction of sp³-hybridized carbons (Fsp3) is 0.174. The molecule has 0 unspecified atom stereocenters. The highest BCUT2D eigenvalue weighted by Crippen LogP contribution is 2.23. The molecule has 0 atom stereocenters. The van der Waals surface area contributed by atoms with Crippen LogP contribution in [-0.4, -0.2) is 40.4 Å². The Hall–Kier alpha value is -3.32. The number of hydrogen-bond acceptors (Lipinski definition) is 4. The van der Waals surface area contributed by atoms with Crippen molar-refractivity contribution in [2.45, 2.75) is 11.4 Å². The van der Waals surface area contributed by atoms with Gasteiger partial charge in [0.1, 0.15) is 5.75 Å². The molecule has 0 spiro atoms. The van der Waals surface area contributed by atoms with E-state index in [4.69, 9.17) is 4.74 Å². The minimum absolute atomic E-state index is 0.166. The summed E-state index contributed by atoms with van der Waals surface area (Å²) in [6, 6.07) is 22.3. The van der Waals surface area contributed by atoms with Crippen molar-refractivity contribution in [3.63, 3.8) is 0 Å². The third-order valence-electron chi connectivity index (χ3n) is 4.83. The Labute approximate surface area is 177 Å². The zero-order valence-electron chi connectivity index (χ0n) is 17.1. The summed E-state index contributed by atoms with van der Waals surface area (Å²) in [7, 11) is 1.14. The van der Waals surface area contributed by atoms with E-state index in [0.29, 0.717) is 17.8 Å². The van der Waals surface area contributed by atoms with Crippen molar-refractivity contribution < 1.29 is 17.9 Å². The van der Waals surface area contributed by atoms with E-state index < -0.39 is 10.0 Å². The molecule has 1 amide bonds. The number of carbonyl (C=O) groups excluding carboxylic acids is 1. The number of hydrogen-bond donors (Lipinski definition) is 0. The van der Waals surface area contributed by atoms with Gasteiger partial charge in [-0.2, -0.15) is 0 Å². The number of ether oxygens (including phenoxy) is 1. The maximum atomic E-state index is 12.8. The van der Waals surface area contributed by atoms with Crippen molar-refractivity contribution in [3.8, 4) is 5.75 Å². The summed E-state index contributed by atoms with van der Waals surface area (Å²) in [6.45, 7) is 0.396. The first-order chi connectivity index (χ1) is 14.3. The van der Waals surface area contributed by atoms with E-state index in [0.717, 1.165) is 11.3 Å². The molecule has 156 valence electrons. The van der Waals surface area contributed by atoms with Gasteiger partial charge in [-0.05, 0) is 42.5 Å². The largest absolute Gasteiger partial charge is 0.496 e. The van der Waals surface area contributed by atoms with Crippen molar-refractivity contribution in [1.29, 1.82) is 0 Å². The zero-order chi connectivity index (χ0) is 21.7. The highest BCUT2D eigenvalue weighted by atomic mass is 32.2. The van der Waals surface area contributed by atoms with E-state index in [2.05, 4.69) is 0 Å². The van der Waals surface area contributed by atoms with Crippen molar-refractivity contribution >= 4 is 21.6 Å². The van der Waals surface area contributed by atoms with Gasteiger partial charge in [0.15, 0.2) is 0 Å². The van der Waals surface area contributed by atoms with Crippen LogP contribution < -0.4 is 9.04 Å². The molecule has 3 aromatic rings. The van der Waals surface area contributed by atoms with Gasteiger partial charge in [0.05, 0.1) is 17.7 Å². The zero-order valence-corrected chi connectivity index (χ0v) is 18.0. The van der Waals surface area contributed by atoms with E-state index >= 15 is 0 Å². The predicted molar refractivity (Wildman–Crippen MR) is 117 cm³/mol. The molecule has 0 saturated heterocycles. The lowest BCUT2D eigenvalue weighted by atomic mass is 10.1. The standard InChI is InChI=1S/C23H24N2O4S/c1-24(17-19-9-7-8-12-22(19)29-3)23(26)18-13-15-20(16-14-18)25(2)30(27,28)21-10-5-4-6-11-21/h4-16H,17H2,1-3H3. The molecule has 0 heterocycles. The number of methoxy groups -OCH3 is 1. The van der Waals surface area contributed by atoms with Gasteiger partial charge < -0.3 is 9.64 Å². The number of amides is 1. The van der Waals surface area contributed by atoms with Gasteiger partial charge in [-0.15, -0.1) is 0 Å². The van der Waals surface area contributed by atoms with Crippen LogP contribution in [0.5, 0.6) is 5.75 Å². The average Bonchev–Trinajstić information content (AvgIpc) is 2.79. The molecule has 3 aromatic carbocycles. The Morgan fingerprint density at radius 3 is 2.10 bits per heavy atom. The Bertz CT molecular complexity index is 1110. The summed E-state index contributed by atoms with van der Waals surface area (Å²) in [5, 5.41) is 0. The van der Waals surface area contributed by atoms with E-state index in [-0.39, 0.29) is 10.8 Å². The lowest BCUT2D eigenvalue weighted by Gasteiger charge is -2.21. The van der Waals surface area contributed by atoms with Crippen LogP contribution in [0.1, 0.15) is 15.9 Å². The van der Waals surface area contributed by atoms with Gasteiger partial charge >= 0.3 is 0 Å². The molecule has 0 bridgehead atoms. The molecule has 0 aromatic heterocycles. The Kier molecular flexibility index (Phi) is 6.42. The summed E-state index contributed by atoms with van der Waals surface area (Å²) in [4.78, 5) is 14.6. The number of sulfonamides is 1. The molecule has 0 aliphatic rings. The quantitative estimate of drug-likeness (QED) is 0.579. The molecular formula is C23H24N2O4S. The van der Waals surface area contributed by atoms with E-state index in [1.165, 1.54) is 11.4 Å². The third-order valence-corrected chi connectivity index (χ3v) is 6.63. The third kappa shape index (κ3) is 4.46. The van der Waals surface area contributed by atoms with E-state index in [1.807, 2.05) is 24.3 Å². The summed E-state index contributed by atoms with van der Waals surface area (Å²) in [5.41, 5.74) is 1.85. The van der Waals surface area contributed by atoms with Gasteiger partial charge in [-0.25, -0.2) is 8.42 Å². The molecule has 0 aliphatic heterocycles. The second kappa shape index (κ2) is 9.00. The second-order valence-electron chi connectivity index (χ2n) is 6.81. The number of carbonyl (C=O) groups is 1. The van der Waals surface area contributed by atoms with E-state index in [1.54, 1.807) is 73.7 Å². The number of nitrogens with zero attached hydrogens (tertiary/aromatic N) is 2. The van der Waals surface area contributed by atoms with Gasteiger partial charge in [0, 0.05) is 31.8 Å². The van der Waals surface area contributed by atoms with Crippen LogP contribution in [0.25, 0.3) is 0 Å². The molecule has 0 radical (unpaired) electrons. The van der Waals surface area contributed by atoms with Crippen molar-refractivity contribution in [1.82, 2.24) is 4.90 Å². The summed E-state index contributed by atoms with van der Waals surface area (Å²) in [6.07, 6.45) is 0. The molecule has 0 saturated carbocycles. The molecule has 6 nitrogen and oxygen atoms in total. The fourth-order valence-corrected chi connectivity index (χ4v) is 4.30. The molecule has 0 aliphatic carbocycles. The Morgan fingerprint density at radius 2 is 1.47 bits per heavy atom. The molecule has 3 rings (SSSR count). The monoisotopic (exact) mass is 424 g/mol. The van der Waals surface area contributed by atoms with Crippen LogP contribution in [0.4, 0.5) is 5.69 Å². The highest BCUT2D eigenvalue weighted by Gasteiger charge is 2.21. The predicted octanol–water partition coefficient (Wildman–Crippen LogP) is 3.79. The average molecular weight is 425 g/mol. The molecule has 0 N–H and O–H groups in total. The van der Waals surface area contributed by atoms with Gasteiger partial charge in [-0.1, -0.05) is 36.4 Å². The van der Waals surface area contributed by atoms with Crippen molar-refractivity contribution in [2.75, 3.05) is 25.5 Å². The van der Waals surface area contributed by atoms with Crippen molar-refractivity contribution in [3.05, 3.63) is 90.0 Å². The number of para-hydroxylation sites is 1. The number of anilines is 1. The fourth-order valence-electron chi connectivity index (χ4n) is 3.08. The molecule has 7 heteroatoms. The summed E-state index contributed by atoms with van der Waals surface area (Å²) >= 11 is 0. The van der Waals surface area contributed by atoms with Crippen LogP contribution in [0.15, 0.2) is 83.8 Å². The van der Waals surface area contributed by atoms with Gasteiger partial charge in [-0.3, -0.25) is 9.10 Å². The van der Waals surface area contributed by atoms with Crippen molar-refractivity contribution in [2.24, 2.45) is 0 Å². The Balaban J connectivity index is 1.75. The van der Waals surface area contributed by atoms with Crippen LogP contribution >= 0.6 is 0 Å². The van der Waals surface area contributed by atoms with E-state index in [9.17, 15) is 13.2 Å². The highest BCUT2D eigenvalue weighted by molar-refractivity contribution is 7.92. The number of benzene rings is 3. The SMILES string of the molecule is COc1ccccc1CN(C)C(=O)c1ccc(N(C)S(=O)(=O)c2ccccc2)cc1. The lowest BCUT2D eigenvalue weighted by Crippen LogP contribution is -2.27. The maximum Gasteiger partial charge on any atom is 0.264 e. The van der Waals surface area contributed by atoms with Crippen LogP contribution in [0, 0.1) is 0 Å². The maximum absolute atomic E-state index is 12.8. The smallest absolute Gasteiger partial charge is 0.264 e. The summed E-state index contributed by atoms with van der Waals surface area (Å²) in [5.74, 6) is 0.557. The number of rotatable bonds is 7. The Morgan fingerprint density at radius 1 is 0.867 bits per heavy atom. The second-order valence-corrected chi connectivity index (χ2v) is 8.77. The lowest BCUT2D eigenvalue weighted by molar-refractivity contribution is 0.0784. The van der Waals surface area contributed by atoms with Gasteiger partial charge in [0.2, 0.25) is 0 Å². The summed E-state index contributed by atoms with van der Waals surface area (Å²) < 4.78 is 32.1. The topological polar surface area (TPSA) is 66.9 Å². The molecule has 30 heavy (non-hydrogen) atoms. The van der Waals surface area contributed by atoms with Gasteiger partial charge in [0.25, 0.3) is 15.9 Å². The normalized spacial score (nSPS) is 11.0. The van der Waals surface area contributed by atoms with Crippen LogP contribution in [-0.2, 0) is 16.6 Å². The first-order valence-electron chi connectivity index (χ1n) is 9.36. The molecular weight excluding hydrogens is 400 g/mol. The van der Waals surface area contributed by atoms with Crippen LogP contribution in [0.2, 0.25) is 0 Å². The van der Waals surface area contributed by atoms with Crippen LogP contribution in [0.3, 0.4) is 0 Å². The minimum atomic E-state index is -3.67.